The van der Waals surface area contributed by atoms with Crippen LogP contribution >= 0.6 is 15.9 Å². The molecule has 1 aromatic rings. The number of nitrogens with two attached hydrogens (primary N) is 1. The number of nitrogens with zero attached hydrogens (tertiary/aromatic N) is 1. The smallest absolute Gasteiger partial charge is 0.414 e. The van der Waals surface area contributed by atoms with E-state index in [0.29, 0.717) is 13.2 Å². The molecule has 5 heteroatoms. The van der Waals surface area contributed by atoms with E-state index in [1.807, 2.05) is 24.3 Å². The molecule has 92 valence electrons. The van der Waals surface area contributed by atoms with Gasteiger partial charge < -0.3 is 10.5 Å². The third-order valence-electron chi connectivity index (χ3n) is 2.79. The molecule has 2 rings (SSSR count). The summed E-state index contributed by atoms with van der Waals surface area (Å²) in [5.74, 6) is 0. The fraction of sp³-hybridized carbons (Fsp3) is 0.417. The molecule has 0 aromatic heterocycles. The van der Waals surface area contributed by atoms with Gasteiger partial charge in [0.25, 0.3) is 0 Å². The summed E-state index contributed by atoms with van der Waals surface area (Å²) >= 11 is 3.40. The summed E-state index contributed by atoms with van der Waals surface area (Å²) < 4.78 is 6.05. The topological polar surface area (TPSA) is 55.6 Å². The van der Waals surface area contributed by atoms with Crippen LogP contribution in [0.25, 0.3) is 0 Å². The van der Waals surface area contributed by atoms with Crippen LogP contribution in [-0.2, 0) is 4.74 Å². The largest absolute Gasteiger partial charge is 0.447 e. The minimum absolute atomic E-state index is 0.0975. The van der Waals surface area contributed by atoms with Crippen molar-refractivity contribution in [2.75, 3.05) is 18.1 Å². The molecule has 0 saturated carbocycles. The maximum absolute atomic E-state index is 11.7. The molecule has 1 amide bonds. The number of amides is 1. The average molecular weight is 299 g/mol. The first-order valence-electron chi connectivity index (χ1n) is 5.64. The molecule has 1 aromatic carbocycles. The summed E-state index contributed by atoms with van der Waals surface area (Å²) in [5.41, 5.74) is 6.36. The van der Waals surface area contributed by atoms with Crippen LogP contribution in [0.5, 0.6) is 0 Å². The van der Waals surface area contributed by atoms with E-state index in [1.54, 1.807) is 4.90 Å². The Hall–Kier alpha value is -1.07. The molecular formula is C12H15BrN2O2. The van der Waals surface area contributed by atoms with Crippen molar-refractivity contribution in [2.24, 2.45) is 5.73 Å². The molecule has 1 atom stereocenters. The van der Waals surface area contributed by atoms with Crippen LogP contribution in [0.15, 0.2) is 28.7 Å². The van der Waals surface area contributed by atoms with Gasteiger partial charge in [0.1, 0.15) is 6.61 Å². The second kappa shape index (κ2) is 5.51. The van der Waals surface area contributed by atoms with Gasteiger partial charge in [0, 0.05) is 10.2 Å². The van der Waals surface area contributed by atoms with Gasteiger partial charge in [-0.3, -0.25) is 4.90 Å². The second-order valence-electron chi connectivity index (χ2n) is 4.01. The van der Waals surface area contributed by atoms with Gasteiger partial charge in [-0.1, -0.05) is 22.0 Å². The molecule has 4 nitrogen and oxygen atoms in total. The fourth-order valence-electron chi connectivity index (χ4n) is 1.97. The van der Waals surface area contributed by atoms with E-state index in [9.17, 15) is 4.79 Å². The molecule has 1 unspecified atom stereocenters. The van der Waals surface area contributed by atoms with Crippen LogP contribution in [-0.4, -0.2) is 25.3 Å². The van der Waals surface area contributed by atoms with Crippen molar-refractivity contribution < 1.29 is 9.53 Å². The predicted octanol–water partition coefficient (Wildman–Crippen LogP) is 2.51. The van der Waals surface area contributed by atoms with Gasteiger partial charge in [0.15, 0.2) is 0 Å². The SMILES string of the molecule is NCCCC1COC(=O)N1c1cccc(Br)c1. The molecule has 0 aliphatic carbocycles. The monoisotopic (exact) mass is 298 g/mol. The minimum atomic E-state index is -0.273. The van der Waals surface area contributed by atoms with Crippen molar-refractivity contribution in [1.29, 1.82) is 0 Å². The number of benzene rings is 1. The van der Waals surface area contributed by atoms with E-state index < -0.39 is 0 Å². The van der Waals surface area contributed by atoms with Crippen LogP contribution in [0.1, 0.15) is 12.8 Å². The molecule has 17 heavy (non-hydrogen) atoms. The number of carbonyl (C=O) groups excluding carboxylic acids is 1. The number of hydrogen-bond donors (Lipinski definition) is 1. The highest BCUT2D eigenvalue weighted by molar-refractivity contribution is 9.10. The van der Waals surface area contributed by atoms with Crippen LogP contribution in [0.2, 0.25) is 0 Å². The highest BCUT2D eigenvalue weighted by Gasteiger charge is 2.33. The van der Waals surface area contributed by atoms with Crippen molar-refractivity contribution in [3.63, 3.8) is 0 Å². The lowest BCUT2D eigenvalue weighted by Gasteiger charge is -2.21. The number of cyclic esters (lactones) is 1. The predicted molar refractivity (Wildman–Crippen MR) is 70.0 cm³/mol. The Balaban J connectivity index is 2.18. The van der Waals surface area contributed by atoms with Gasteiger partial charge in [0.2, 0.25) is 0 Å². The number of carbonyl (C=O) groups is 1. The van der Waals surface area contributed by atoms with E-state index >= 15 is 0 Å². The van der Waals surface area contributed by atoms with E-state index in [2.05, 4.69) is 15.9 Å². The molecule has 1 heterocycles. The normalized spacial score (nSPS) is 19.5. The summed E-state index contributed by atoms with van der Waals surface area (Å²) in [7, 11) is 0. The van der Waals surface area contributed by atoms with Gasteiger partial charge in [-0.05, 0) is 37.6 Å². The molecule has 0 spiro atoms. The van der Waals surface area contributed by atoms with Crippen molar-refractivity contribution in [3.8, 4) is 0 Å². The van der Waals surface area contributed by atoms with Gasteiger partial charge in [-0.15, -0.1) is 0 Å². The molecule has 1 fully saturated rings. The van der Waals surface area contributed by atoms with Crippen LogP contribution in [0.3, 0.4) is 0 Å². The Morgan fingerprint density at radius 2 is 2.35 bits per heavy atom. The number of ether oxygens (including phenoxy) is 1. The summed E-state index contributed by atoms with van der Waals surface area (Å²) in [6.07, 6.45) is 1.49. The number of hydrogen-bond acceptors (Lipinski definition) is 3. The minimum Gasteiger partial charge on any atom is -0.447 e. The third-order valence-corrected chi connectivity index (χ3v) is 3.28. The molecule has 1 aliphatic heterocycles. The first-order chi connectivity index (χ1) is 8.22. The lowest BCUT2D eigenvalue weighted by atomic mass is 10.1. The first kappa shape index (κ1) is 12.4. The third kappa shape index (κ3) is 2.79. The number of rotatable bonds is 4. The summed E-state index contributed by atoms with van der Waals surface area (Å²) in [4.78, 5) is 13.4. The molecule has 0 radical (unpaired) electrons. The Bertz CT molecular complexity index is 411. The highest BCUT2D eigenvalue weighted by Crippen LogP contribution is 2.27. The number of halogens is 1. The zero-order valence-corrected chi connectivity index (χ0v) is 11.0. The van der Waals surface area contributed by atoms with Crippen LogP contribution < -0.4 is 10.6 Å². The van der Waals surface area contributed by atoms with Crippen LogP contribution in [0.4, 0.5) is 10.5 Å². The van der Waals surface area contributed by atoms with Crippen LogP contribution in [0, 0.1) is 0 Å². The molecule has 2 N–H and O–H groups in total. The molecule has 1 saturated heterocycles. The van der Waals surface area contributed by atoms with Crippen molar-refractivity contribution in [2.45, 2.75) is 18.9 Å². The number of anilines is 1. The van der Waals surface area contributed by atoms with E-state index in [0.717, 1.165) is 23.0 Å². The quantitative estimate of drug-likeness (QED) is 0.929. The van der Waals surface area contributed by atoms with Gasteiger partial charge in [-0.2, -0.15) is 0 Å². The van der Waals surface area contributed by atoms with E-state index in [-0.39, 0.29) is 12.1 Å². The maximum atomic E-state index is 11.7. The molecule has 1 aliphatic rings. The lowest BCUT2D eigenvalue weighted by Crippen LogP contribution is -2.33. The Morgan fingerprint density at radius 1 is 1.53 bits per heavy atom. The van der Waals surface area contributed by atoms with E-state index in [4.69, 9.17) is 10.5 Å². The lowest BCUT2D eigenvalue weighted by molar-refractivity contribution is 0.178. The Kier molecular flexibility index (Phi) is 4.02. The fourth-order valence-corrected chi connectivity index (χ4v) is 2.36. The highest BCUT2D eigenvalue weighted by atomic mass is 79.9. The molecule has 0 bridgehead atoms. The van der Waals surface area contributed by atoms with Crippen molar-refractivity contribution in [1.82, 2.24) is 0 Å². The summed E-state index contributed by atoms with van der Waals surface area (Å²) in [6, 6.07) is 7.76. The van der Waals surface area contributed by atoms with Gasteiger partial charge >= 0.3 is 6.09 Å². The Labute approximate surface area is 109 Å². The summed E-state index contributed by atoms with van der Waals surface area (Å²) in [5, 5.41) is 0. The van der Waals surface area contributed by atoms with Crippen molar-refractivity contribution >= 4 is 27.7 Å². The van der Waals surface area contributed by atoms with Crippen molar-refractivity contribution in [3.05, 3.63) is 28.7 Å². The van der Waals surface area contributed by atoms with Gasteiger partial charge in [0.05, 0.1) is 6.04 Å². The standard InChI is InChI=1S/C12H15BrN2O2/c13-9-3-1-4-10(7-9)15-11(5-2-6-14)8-17-12(15)16/h1,3-4,7,11H,2,5-6,8,14H2. The first-order valence-corrected chi connectivity index (χ1v) is 6.43. The van der Waals surface area contributed by atoms with E-state index in [1.165, 1.54) is 0 Å². The zero-order valence-electron chi connectivity index (χ0n) is 9.43. The Morgan fingerprint density at radius 3 is 3.06 bits per heavy atom. The molecular weight excluding hydrogens is 284 g/mol. The second-order valence-corrected chi connectivity index (χ2v) is 4.93. The zero-order chi connectivity index (χ0) is 12.3. The maximum Gasteiger partial charge on any atom is 0.414 e. The van der Waals surface area contributed by atoms with Gasteiger partial charge in [-0.25, -0.2) is 4.79 Å². The average Bonchev–Trinajstić information content (AvgIpc) is 2.68. The summed E-state index contributed by atoms with van der Waals surface area (Å²) in [6.45, 7) is 1.09.